The summed E-state index contributed by atoms with van der Waals surface area (Å²) in [5, 5.41) is 3.58. The first-order chi connectivity index (χ1) is 8.75. The first-order valence-electron chi connectivity index (χ1n) is 7.15. The van der Waals surface area contributed by atoms with Gasteiger partial charge in [0.15, 0.2) is 0 Å². The number of methoxy groups -OCH3 is 1. The molecule has 2 heteroatoms. The molecular weight excluding hydrogens is 234 g/mol. The van der Waals surface area contributed by atoms with Gasteiger partial charge in [0.2, 0.25) is 0 Å². The van der Waals surface area contributed by atoms with Crippen molar-refractivity contribution in [3.8, 4) is 0 Å². The Morgan fingerprint density at radius 1 is 1.00 bits per heavy atom. The van der Waals surface area contributed by atoms with Crippen LogP contribution in [0.15, 0.2) is 24.3 Å². The van der Waals surface area contributed by atoms with Crippen LogP contribution in [-0.2, 0) is 10.2 Å². The molecule has 0 saturated heterocycles. The molecule has 1 N–H and O–H groups in total. The number of nitrogens with one attached hydrogen (secondary N) is 1. The van der Waals surface area contributed by atoms with Crippen LogP contribution < -0.4 is 5.32 Å². The Kier molecular flexibility index (Phi) is 5.57. The second-order valence-corrected chi connectivity index (χ2v) is 6.49. The Bertz CT molecular complexity index is 377. The van der Waals surface area contributed by atoms with Gasteiger partial charge < -0.3 is 10.1 Å². The van der Waals surface area contributed by atoms with Gasteiger partial charge in [-0.15, -0.1) is 0 Å². The predicted molar refractivity (Wildman–Crippen MR) is 82.6 cm³/mol. The van der Waals surface area contributed by atoms with E-state index in [1.807, 2.05) is 0 Å². The summed E-state index contributed by atoms with van der Waals surface area (Å²) >= 11 is 0. The zero-order valence-electron chi connectivity index (χ0n) is 13.4. The van der Waals surface area contributed by atoms with Crippen molar-refractivity contribution in [2.24, 2.45) is 0 Å². The molecule has 0 aromatic heterocycles. The molecule has 0 aliphatic heterocycles. The third-order valence-electron chi connectivity index (χ3n) is 3.87. The summed E-state index contributed by atoms with van der Waals surface area (Å²) in [6.45, 7) is 13.2. The molecule has 0 bridgehead atoms. The molecule has 1 aromatic rings. The second-order valence-electron chi connectivity index (χ2n) is 6.49. The monoisotopic (exact) mass is 263 g/mol. The van der Waals surface area contributed by atoms with E-state index in [2.05, 4.69) is 71.1 Å². The predicted octanol–water partition coefficient (Wildman–Crippen LogP) is 4.06. The van der Waals surface area contributed by atoms with Crippen molar-refractivity contribution in [2.75, 3.05) is 7.11 Å². The first-order valence-corrected chi connectivity index (χ1v) is 7.15. The highest BCUT2D eigenvalue weighted by Crippen LogP contribution is 2.24. The standard InChI is InChI=1S/C17H29NO/c1-12(14(3)19-7)18-13(2)15-8-10-16(11-9-15)17(4,5)6/h8-14,18H,1-7H3. The second kappa shape index (κ2) is 6.53. The van der Waals surface area contributed by atoms with E-state index in [-0.39, 0.29) is 11.5 Å². The molecule has 19 heavy (non-hydrogen) atoms. The fourth-order valence-corrected chi connectivity index (χ4v) is 2.10. The minimum Gasteiger partial charge on any atom is -0.380 e. The van der Waals surface area contributed by atoms with Crippen molar-refractivity contribution in [3.05, 3.63) is 35.4 Å². The van der Waals surface area contributed by atoms with Crippen molar-refractivity contribution in [1.82, 2.24) is 5.32 Å². The quantitative estimate of drug-likeness (QED) is 0.865. The fourth-order valence-electron chi connectivity index (χ4n) is 2.10. The Hall–Kier alpha value is -0.860. The molecular formula is C17H29NO. The number of rotatable bonds is 5. The summed E-state index contributed by atoms with van der Waals surface area (Å²) in [6.07, 6.45) is 0.219. The van der Waals surface area contributed by atoms with Crippen LogP contribution >= 0.6 is 0 Å². The minimum atomic E-state index is 0.215. The van der Waals surface area contributed by atoms with E-state index in [9.17, 15) is 0 Å². The molecule has 3 unspecified atom stereocenters. The summed E-state index contributed by atoms with van der Waals surface area (Å²) in [6, 6.07) is 9.59. The molecule has 0 aliphatic rings. The highest BCUT2D eigenvalue weighted by Gasteiger charge is 2.16. The first kappa shape index (κ1) is 16.2. The van der Waals surface area contributed by atoms with Gasteiger partial charge in [-0.05, 0) is 37.3 Å². The summed E-state index contributed by atoms with van der Waals surface area (Å²) in [4.78, 5) is 0. The molecule has 1 aromatic carbocycles. The molecule has 0 amide bonds. The number of benzene rings is 1. The SMILES string of the molecule is COC(C)C(C)NC(C)c1ccc(C(C)(C)C)cc1. The Morgan fingerprint density at radius 2 is 1.53 bits per heavy atom. The van der Waals surface area contributed by atoms with Crippen molar-refractivity contribution >= 4 is 0 Å². The maximum absolute atomic E-state index is 5.35. The molecule has 2 nitrogen and oxygen atoms in total. The van der Waals surface area contributed by atoms with E-state index in [1.165, 1.54) is 11.1 Å². The molecule has 1 rings (SSSR count). The van der Waals surface area contributed by atoms with Crippen LogP contribution in [0.5, 0.6) is 0 Å². The molecule has 0 saturated carbocycles. The molecule has 3 atom stereocenters. The van der Waals surface area contributed by atoms with Gasteiger partial charge >= 0.3 is 0 Å². The van der Waals surface area contributed by atoms with Crippen LogP contribution in [-0.4, -0.2) is 19.3 Å². The maximum Gasteiger partial charge on any atom is 0.0693 e. The van der Waals surface area contributed by atoms with Crippen LogP contribution in [0.2, 0.25) is 0 Å². The van der Waals surface area contributed by atoms with E-state index in [4.69, 9.17) is 4.74 Å². The number of hydrogen-bond acceptors (Lipinski definition) is 2. The van der Waals surface area contributed by atoms with E-state index < -0.39 is 0 Å². The van der Waals surface area contributed by atoms with Gasteiger partial charge in [-0.1, -0.05) is 45.0 Å². The molecule has 0 spiro atoms. The molecule has 0 fully saturated rings. The Labute approximate surface area is 118 Å². The lowest BCUT2D eigenvalue weighted by atomic mass is 9.86. The smallest absolute Gasteiger partial charge is 0.0693 e. The van der Waals surface area contributed by atoms with E-state index in [1.54, 1.807) is 7.11 Å². The summed E-state index contributed by atoms with van der Waals surface area (Å²) in [5.74, 6) is 0. The Morgan fingerprint density at radius 3 is 1.95 bits per heavy atom. The average molecular weight is 263 g/mol. The lowest BCUT2D eigenvalue weighted by molar-refractivity contribution is 0.0852. The topological polar surface area (TPSA) is 21.3 Å². The van der Waals surface area contributed by atoms with Crippen LogP contribution in [0.25, 0.3) is 0 Å². The third kappa shape index (κ3) is 4.63. The summed E-state index contributed by atoms with van der Waals surface area (Å²) in [7, 11) is 1.76. The van der Waals surface area contributed by atoms with Gasteiger partial charge in [-0.2, -0.15) is 0 Å². The van der Waals surface area contributed by atoms with E-state index in [0.29, 0.717) is 12.1 Å². The maximum atomic E-state index is 5.35. The van der Waals surface area contributed by atoms with Crippen molar-refractivity contribution in [1.29, 1.82) is 0 Å². The molecule has 0 heterocycles. The average Bonchev–Trinajstić information content (AvgIpc) is 2.36. The molecule has 0 radical (unpaired) electrons. The zero-order chi connectivity index (χ0) is 14.6. The van der Waals surface area contributed by atoms with Crippen LogP contribution in [0.4, 0.5) is 0 Å². The highest BCUT2D eigenvalue weighted by molar-refractivity contribution is 5.29. The van der Waals surface area contributed by atoms with Gasteiger partial charge in [0.05, 0.1) is 6.10 Å². The van der Waals surface area contributed by atoms with Crippen molar-refractivity contribution in [2.45, 2.75) is 65.1 Å². The molecule has 108 valence electrons. The van der Waals surface area contributed by atoms with Gasteiger partial charge in [-0.3, -0.25) is 0 Å². The fraction of sp³-hybridized carbons (Fsp3) is 0.647. The molecule has 0 aliphatic carbocycles. The summed E-state index contributed by atoms with van der Waals surface area (Å²) < 4.78 is 5.35. The summed E-state index contributed by atoms with van der Waals surface area (Å²) in [5.41, 5.74) is 2.91. The number of hydrogen-bond donors (Lipinski definition) is 1. The van der Waals surface area contributed by atoms with Gasteiger partial charge in [-0.25, -0.2) is 0 Å². The third-order valence-corrected chi connectivity index (χ3v) is 3.87. The van der Waals surface area contributed by atoms with Gasteiger partial charge in [0.25, 0.3) is 0 Å². The van der Waals surface area contributed by atoms with Crippen molar-refractivity contribution < 1.29 is 4.74 Å². The highest BCUT2D eigenvalue weighted by atomic mass is 16.5. The van der Waals surface area contributed by atoms with Gasteiger partial charge in [0.1, 0.15) is 0 Å². The van der Waals surface area contributed by atoms with Gasteiger partial charge in [0, 0.05) is 19.2 Å². The van der Waals surface area contributed by atoms with Crippen LogP contribution in [0.1, 0.15) is 58.7 Å². The van der Waals surface area contributed by atoms with Crippen LogP contribution in [0, 0.1) is 0 Å². The minimum absolute atomic E-state index is 0.215. The Balaban J connectivity index is 2.70. The van der Waals surface area contributed by atoms with E-state index in [0.717, 1.165) is 0 Å². The normalized spacial score (nSPS) is 17.0. The van der Waals surface area contributed by atoms with Crippen LogP contribution in [0.3, 0.4) is 0 Å². The van der Waals surface area contributed by atoms with E-state index >= 15 is 0 Å². The lowest BCUT2D eigenvalue weighted by Crippen LogP contribution is -2.38. The number of ether oxygens (including phenoxy) is 1. The zero-order valence-corrected chi connectivity index (χ0v) is 13.4. The van der Waals surface area contributed by atoms with Crippen molar-refractivity contribution in [3.63, 3.8) is 0 Å². The largest absolute Gasteiger partial charge is 0.380 e. The lowest BCUT2D eigenvalue weighted by Gasteiger charge is -2.25.